The van der Waals surface area contributed by atoms with Gasteiger partial charge in [-0.2, -0.15) is 0 Å². The summed E-state index contributed by atoms with van der Waals surface area (Å²) in [6, 6.07) is 0. The van der Waals surface area contributed by atoms with Gasteiger partial charge < -0.3 is 14.8 Å². The van der Waals surface area contributed by atoms with Gasteiger partial charge in [0.2, 0.25) is 5.88 Å². The lowest BCUT2D eigenvalue weighted by atomic mass is 10.2. The van der Waals surface area contributed by atoms with Crippen molar-refractivity contribution in [3.8, 4) is 5.88 Å². The van der Waals surface area contributed by atoms with Crippen LogP contribution in [0.25, 0.3) is 0 Å². The van der Waals surface area contributed by atoms with E-state index in [1.165, 1.54) is 0 Å². The molecule has 0 radical (unpaired) electrons. The van der Waals surface area contributed by atoms with Crippen LogP contribution in [0.2, 0.25) is 0 Å². The summed E-state index contributed by atoms with van der Waals surface area (Å²) in [6.07, 6.45) is 3.62. The van der Waals surface area contributed by atoms with Crippen LogP contribution in [0.4, 0.5) is 0 Å². The molecular formula is C14H25N3O2. The molecule has 0 saturated heterocycles. The van der Waals surface area contributed by atoms with E-state index in [1.54, 1.807) is 12.4 Å². The fourth-order valence-corrected chi connectivity index (χ4v) is 1.43. The van der Waals surface area contributed by atoms with Crippen LogP contribution in [-0.4, -0.2) is 35.8 Å². The number of rotatable bonds is 9. The molecule has 0 aliphatic rings. The summed E-state index contributed by atoms with van der Waals surface area (Å²) in [7, 11) is 0. The molecule has 0 amide bonds. The fraction of sp³-hybridized carbons (Fsp3) is 0.714. The second-order valence-corrected chi connectivity index (χ2v) is 5.14. The molecule has 0 spiro atoms. The van der Waals surface area contributed by atoms with Crippen LogP contribution in [0.5, 0.6) is 5.88 Å². The van der Waals surface area contributed by atoms with Gasteiger partial charge in [-0.25, -0.2) is 4.98 Å². The highest BCUT2D eigenvalue weighted by atomic mass is 16.5. The van der Waals surface area contributed by atoms with Gasteiger partial charge in [-0.3, -0.25) is 4.98 Å². The van der Waals surface area contributed by atoms with Crippen LogP contribution >= 0.6 is 0 Å². The minimum Gasteiger partial charge on any atom is -0.474 e. The maximum atomic E-state index is 5.44. The molecule has 1 N–H and O–H groups in total. The SMILES string of the molecule is CC(C)CNCc1cnc(OCCOC(C)C)cn1. The Labute approximate surface area is 115 Å². The highest BCUT2D eigenvalue weighted by Gasteiger charge is 2.00. The van der Waals surface area contributed by atoms with Crippen molar-refractivity contribution < 1.29 is 9.47 Å². The molecule has 0 aliphatic carbocycles. The number of aromatic nitrogens is 2. The van der Waals surface area contributed by atoms with E-state index >= 15 is 0 Å². The third-order valence-corrected chi connectivity index (χ3v) is 2.32. The Hall–Kier alpha value is -1.20. The van der Waals surface area contributed by atoms with Gasteiger partial charge in [-0.05, 0) is 26.3 Å². The highest BCUT2D eigenvalue weighted by molar-refractivity contribution is 5.07. The van der Waals surface area contributed by atoms with Crippen molar-refractivity contribution in [2.75, 3.05) is 19.8 Å². The zero-order valence-electron chi connectivity index (χ0n) is 12.3. The Kier molecular flexibility index (Phi) is 7.36. The summed E-state index contributed by atoms with van der Waals surface area (Å²) in [5, 5.41) is 3.32. The number of ether oxygens (including phenoxy) is 2. The maximum Gasteiger partial charge on any atom is 0.232 e. The van der Waals surface area contributed by atoms with Gasteiger partial charge in [-0.1, -0.05) is 13.8 Å². The van der Waals surface area contributed by atoms with Gasteiger partial charge >= 0.3 is 0 Å². The minimum absolute atomic E-state index is 0.226. The lowest BCUT2D eigenvalue weighted by Crippen LogP contribution is -2.19. The predicted molar refractivity (Wildman–Crippen MR) is 75.2 cm³/mol. The van der Waals surface area contributed by atoms with Crippen molar-refractivity contribution in [3.63, 3.8) is 0 Å². The highest BCUT2D eigenvalue weighted by Crippen LogP contribution is 2.04. The van der Waals surface area contributed by atoms with E-state index in [1.807, 2.05) is 13.8 Å². The Morgan fingerprint density at radius 2 is 1.89 bits per heavy atom. The molecule has 19 heavy (non-hydrogen) atoms. The minimum atomic E-state index is 0.226. The topological polar surface area (TPSA) is 56.3 Å². The van der Waals surface area contributed by atoms with Crippen LogP contribution in [0, 0.1) is 5.92 Å². The molecule has 0 aliphatic heterocycles. The van der Waals surface area contributed by atoms with Crippen molar-refractivity contribution in [3.05, 3.63) is 18.1 Å². The first-order valence-corrected chi connectivity index (χ1v) is 6.84. The van der Waals surface area contributed by atoms with Crippen LogP contribution in [0.1, 0.15) is 33.4 Å². The molecule has 0 atom stereocenters. The van der Waals surface area contributed by atoms with E-state index in [0.717, 1.165) is 18.8 Å². The summed E-state index contributed by atoms with van der Waals surface area (Å²) in [4.78, 5) is 8.51. The molecule has 5 nitrogen and oxygen atoms in total. The summed E-state index contributed by atoms with van der Waals surface area (Å²) >= 11 is 0. The normalized spacial score (nSPS) is 11.3. The van der Waals surface area contributed by atoms with Crippen LogP contribution in [0.15, 0.2) is 12.4 Å². The molecule has 1 aromatic rings. The van der Waals surface area contributed by atoms with E-state index in [9.17, 15) is 0 Å². The third kappa shape index (κ3) is 7.74. The molecule has 0 saturated carbocycles. The van der Waals surface area contributed by atoms with Crippen molar-refractivity contribution >= 4 is 0 Å². The molecule has 0 aromatic carbocycles. The van der Waals surface area contributed by atoms with E-state index < -0.39 is 0 Å². The molecule has 0 fully saturated rings. The average molecular weight is 267 g/mol. The fourth-order valence-electron chi connectivity index (χ4n) is 1.43. The molecular weight excluding hydrogens is 242 g/mol. The molecule has 0 unspecified atom stereocenters. The molecule has 1 aromatic heterocycles. The zero-order valence-corrected chi connectivity index (χ0v) is 12.3. The van der Waals surface area contributed by atoms with Crippen molar-refractivity contribution in [1.82, 2.24) is 15.3 Å². The Balaban J connectivity index is 2.23. The maximum absolute atomic E-state index is 5.44. The second kappa shape index (κ2) is 8.82. The summed E-state index contributed by atoms with van der Waals surface area (Å²) in [6.45, 7) is 11.1. The molecule has 1 heterocycles. The quantitative estimate of drug-likeness (QED) is 0.694. The number of hydrogen-bond acceptors (Lipinski definition) is 5. The first-order valence-electron chi connectivity index (χ1n) is 6.84. The predicted octanol–water partition coefficient (Wildman–Crippen LogP) is 2.03. The lowest BCUT2D eigenvalue weighted by molar-refractivity contribution is 0.0541. The Morgan fingerprint density at radius 1 is 1.11 bits per heavy atom. The molecule has 108 valence electrons. The summed E-state index contributed by atoms with van der Waals surface area (Å²) in [5.41, 5.74) is 0.923. The van der Waals surface area contributed by atoms with Crippen LogP contribution in [-0.2, 0) is 11.3 Å². The molecule has 1 rings (SSSR count). The van der Waals surface area contributed by atoms with Gasteiger partial charge in [-0.15, -0.1) is 0 Å². The second-order valence-electron chi connectivity index (χ2n) is 5.14. The Morgan fingerprint density at radius 3 is 2.47 bits per heavy atom. The van der Waals surface area contributed by atoms with Crippen molar-refractivity contribution in [2.45, 2.75) is 40.3 Å². The van der Waals surface area contributed by atoms with E-state index in [2.05, 4.69) is 29.1 Å². The monoisotopic (exact) mass is 267 g/mol. The standard InChI is InChI=1S/C14H25N3O2/c1-11(2)7-15-8-13-9-17-14(10-16-13)19-6-5-18-12(3)4/h9-12,15H,5-8H2,1-4H3. The first-order chi connectivity index (χ1) is 9.08. The van der Waals surface area contributed by atoms with E-state index in [0.29, 0.717) is 25.0 Å². The van der Waals surface area contributed by atoms with Crippen LogP contribution in [0.3, 0.4) is 0 Å². The number of hydrogen-bond donors (Lipinski definition) is 1. The van der Waals surface area contributed by atoms with Gasteiger partial charge in [0.1, 0.15) is 6.61 Å². The Bertz CT molecular complexity index is 339. The van der Waals surface area contributed by atoms with Gasteiger partial charge in [0.15, 0.2) is 0 Å². The van der Waals surface area contributed by atoms with Gasteiger partial charge in [0.05, 0.1) is 30.8 Å². The van der Waals surface area contributed by atoms with Gasteiger partial charge in [0.25, 0.3) is 0 Å². The van der Waals surface area contributed by atoms with Crippen molar-refractivity contribution in [1.29, 1.82) is 0 Å². The molecule has 5 heteroatoms. The summed E-state index contributed by atoms with van der Waals surface area (Å²) in [5.74, 6) is 1.18. The van der Waals surface area contributed by atoms with Gasteiger partial charge in [0, 0.05) is 6.54 Å². The largest absolute Gasteiger partial charge is 0.474 e. The molecule has 0 bridgehead atoms. The lowest BCUT2D eigenvalue weighted by Gasteiger charge is -2.09. The van der Waals surface area contributed by atoms with E-state index in [-0.39, 0.29) is 6.10 Å². The average Bonchev–Trinajstić information content (AvgIpc) is 2.36. The summed E-state index contributed by atoms with van der Waals surface area (Å²) < 4.78 is 10.8. The number of nitrogens with zero attached hydrogens (tertiary/aromatic N) is 2. The number of nitrogens with one attached hydrogen (secondary N) is 1. The first kappa shape index (κ1) is 15.9. The van der Waals surface area contributed by atoms with E-state index in [4.69, 9.17) is 9.47 Å². The van der Waals surface area contributed by atoms with Crippen LogP contribution < -0.4 is 10.1 Å². The smallest absolute Gasteiger partial charge is 0.232 e. The zero-order chi connectivity index (χ0) is 14.1. The third-order valence-electron chi connectivity index (χ3n) is 2.32. The van der Waals surface area contributed by atoms with Crippen molar-refractivity contribution in [2.24, 2.45) is 5.92 Å².